The van der Waals surface area contributed by atoms with Gasteiger partial charge in [0.2, 0.25) is 0 Å². The average Bonchev–Trinajstić information content (AvgIpc) is 2.34. The molecule has 0 saturated heterocycles. The lowest BCUT2D eigenvalue weighted by molar-refractivity contribution is -0.149. The fraction of sp³-hybridized carbons (Fsp3) is 0.333. The van der Waals surface area contributed by atoms with E-state index in [2.05, 4.69) is 9.47 Å². The Morgan fingerprint density at radius 1 is 1.29 bits per heavy atom. The zero-order chi connectivity index (χ0) is 12.8. The first-order chi connectivity index (χ1) is 8.08. The van der Waals surface area contributed by atoms with Crippen molar-refractivity contribution in [3.63, 3.8) is 0 Å². The van der Waals surface area contributed by atoms with Gasteiger partial charge in [0.25, 0.3) is 0 Å². The number of hydrogen-bond acceptors (Lipinski definition) is 4. The first-order valence-electron chi connectivity index (χ1n) is 4.98. The van der Waals surface area contributed by atoms with Gasteiger partial charge in [-0.15, -0.1) is 0 Å². The molecule has 0 aliphatic rings. The zero-order valence-electron chi connectivity index (χ0n) is 9.60. The summed E-state index contributed by atoms with van der Waals surface area (Å²) in [5, 5.41) is 0.501. The molecule has 0 aromatic heterocycles. The van der Waals surface area contributed by atoms with Crippen LogP contribution in [0.1, 0.15) is 17.9 Å². The molecule has 0 aliphatic carbocycles. The second-order valence-electron chi connectivity index (χ2n) is 3.41. The van der Waals surface area contributed by atoms with E-state index in [4.69, 9.17) is 11.6 Å². The smallest absolute Gasteiger partial charge is 0.313 e. The number of esters is 2. The molecule has 17 heavy (non-hydrogen) atoms. The quantitative estimate of drug-likeness (QED) is 0.775. The van der Waals surface area contributed by atoms with E-state index in [-0.39, 0.29) is 6.42 Å². The lowest BCUT2D eigenvalue weighted by Gasteiger charge is -2.13. The minimum atomic E-state index is -0.689. The van der Waals surface area contributed by atoms with E-state index in [1.807, 2.05) is 0 Å². The molecule has 1 rings (SSSR count). The summed E-state index contributed by atoms with van der Waals surface area (Å²) >= 11 is 5.84. The highest BCUT2D eigenvalue weighted by atomic mass is 35.5. The molecule has 0 spiro atoms. The number of ether oxygens (including phenoxy) is 2. The lowest BCUT2D eigenvalue weighted by Crippen LogP contribution is -2.18. The van der Waals surface area contributed by atoms with Crippen LogP contribution in [0.15, 0.2) is 24.3 Å². The summed E-state index contributed by atoms with van der Waals surface area (Å²) in [6.45, 7) is 0. The molecule has 0 aliphatic heterocycles. The largest absolute Gasteiger partial charge is 0.469 e. The van der Waals surface area contributed by atoms with Crippen LogP contribution in [0.2, 0.25) is 5.02 Å². The third kappa shape index (κ3) is 3.75. The molecule has 0 fully saturated rings. The van der Waals surface area contributed by atoms with Crippen molar-refractivity contribution >= 4 is 23.5 Å². The summed E-state index contributed by atoms with van der Waals surface area (Å²) in [6, 6.07) is 6.75. The Hall–Kier alpha value is -1.55. The fourth-order valence-corrected chi connectivity index (χ4v) is 1.65. The van der Waals surface area contributed by atoms with Crippen LogP contribution in [-0.4, -0.2) is 26.2 Å². The predicted molar refractivity (Wildman–Crippen MR) is 62.8 cm³/mol. The van der Waals surface area contributed by atoms with Gasteiger partial charge in [-0.05, 0) is 17.7 Å². The number of hydrogen-bond donors (Lipinski definition) is 0. The standard InChI is InChI=1S/C12H13ClO4/c1-16-11(14)7-10(12(15)17-2)8-4-3-5-9(13)6-8/h3-6,10H,7H2,1-2H3/t10-/m1/s1. The molecule has 1 aromatic carbocycles. The second-order valence-corrected chi connectivity index (χ2v) is 3.85. The average molecular weight is 257 g/mol. The van der Waals surface area contributed by atoms with E-state index < -0.39 is 17.9 Å². The molecule has 0 heterocycles. The van der Waals surface area contributed by atoms with E-state index in [0.29, 0.717) is 10.6 Å². The number of carbonyl (C=O) groups is 2. The Morgan fingerprint density at radius 2 is 2.00 bits per heavy atom. The molecule has 92 valence electrons. The Bertz CT molecular complexity index is 417. The van der Waals surface area contributed by atoms with Crippen molar-refractivity contribution in [1.82, 2.24) is 0 Å². The minimum absolute atomic E-state index is 0.0660. The normalized spacial score (nSPS) is 11.7. The minimum Gasteiger partial charge on any atom is -0.469 e. The van der Waals surface area contributed by atoms with E-state index >= 15 is 0 Å². The number of benzene rings is 1. The van der Waals surface area contributed by atoms with Gasteiger partial charge in [-0.25, -0.2) is 0 Å². The third-order valence-electron chi connectivity index (χ3n) is 2.34. The van der Waals surface area contributed by atoms with Gasteiger partial charge < -0.3 is 9.47 Å². The van der Waals surface area contributed by atoms with Crippen LogP contribution >= 0.6 is 11.6 Å². The van der Waals surface area contributed by atoms with Crippen molar-refractivity contribution in [3.05, 3.63) is 34.9 Å². The second kappa shape index (κ2) is 6.25. The highest BCUT2D eigenvalue weighted by Gasteiger charge is 2.25. The third-order valence-corrected chi connectivity index (χ3v) is 2.57. The molecule has 1 atom stereocenters. The van der Waals surface area contributed by atoms with Crippen LogP contribution in [0.5, 0.6) is 0 Å². The van der Waals surface area contributed by atoms with Gasteiger partial charge in [0, 0.05) is 5.02 Å². The van der Waals surface area contributed by atoms with Crippen LogP contribution in [-0.2, 0) is 19.1 Å². The van der Waals surface area contributed by atoms with Crippen molar-refractivity contribution in [2.75, 3.05) is 14.2 Å². The maximum absolute atomic E-state index is 11.6. The van der Waals surface area contributed by atoms with Crippen molar-refractivity contribution < 1.29 is 19.1 Å². The van der Waals surface area contributed by atoms with Crippen molar-refractivity contribution in [2.24, 2.45) is 0 Å². The Labute approximate surface area is 104 Å². The van der Waals surface area contributed by atoms with Gasteiger partial charge in [0.1, 0.15) is 0 Å². The summed E-state index contributed by atoms with van der Waals surface area (Å²) in [5.74, 6) is -1.65. The predicted octanol–water partition coefficient (Wildman–Crippen LogP) is 2.16. The van der Waals surface area contributed by atoms with Gasteiger partial charge in [-0.1, -0.05) is 23.7 Å². The topological polar surface area (TPSA) is 52.6 Å². The molecular formula is C12H13ClO4. The van der Waals surface area contributed by atoms with Crippen LogP contribution in [0, 0.1) is 0 Å². The van der Waals surface area contributed by atoms with Gasteiger partial charge >= 0.3 is 11.9 Å². The number of methoxy groups -OCH3 is 2. The van der Waals surface area contributed by atoms with E-state index in [1.54, 1.807) is 24.3 Å². The Kier molecular flexibility index (Phi) is 4.97. The summed E-state index contributed by atoms with van der Waals surface area (Å²) in [4.78, 5) is 22.8. The maximum Gasteiger partial charge on any atom is 0.313 e. The summed E-state index contributed by atoms with van der Waals surface area (Å²) in [5.41, 5.74) is 0.634. The molecule has 0 bridgehead atoms. The van der Waals surface area contributed by atoms with Crippen LogP contribution < -0.4 is 0 Å². The van der Waals surface area contributed by atoms with Crippen LogP contribution in [0.4, 0.5) is 0 Å². The number of halogens is 1. The van der Waals surface area contributed by atoms with E-state index in [1.165, 1.54) is 14.2 Å². The van der Waals surface area contributed by atoms with Crippen LogP contribution in [0.3, 0.4) is 0 Å². The molecular weight excluding hydrogens is 244 g/mol. The SMILES string of the molecule is COC(=O)C[C@@H](C(=O)OC)c1cccc(Cl)c1. The summed E-state index contributed by atoms with van der Waals surface area (Å²) in [7, 11) is 2.55. The van der Waals surface area contributed by atoms with E-state index in [9.17, 15) is 9.59 Å². The number of rotatable bonds is 4. The molecule has 4 nitrogen and oxygen atoms in total. The highest BCUT2D eigenvalue weighted by molar-refractivity contribution is 6.30. The van der Waals surface area contributed by atoms with Gasteiger partial charge in [-0.3, -0.25) is 9.59 Å². The molecule has 1 aromatic rings. The fourth-order valence-electron chi connectivity index (χ4n) is 1.45. The van der Waals surface area contributed by atoms with Crippen LogP contribution in [0.25, 0.3) is 0 Å². The van der Waals surface area contributed by atoms with Gasteiger partial charge in [-0.2, -0.15) is 0 Å². The molecule has 0 radical (unpaired) electrons. The Balaban J connectivity index is 2.97. The molecule has 0 saturated carbocycles. The Morgan fingerprint density at radius 3 is 2.53 bits per heavy atom. The summed E-state index contributed by atoms with van der Waals surface area (Å²) < 4.78 is 9.21. The molecule has 0 N–H and O–H groups in total. The first-order valence-corrected chi connectivity index (χ1v) is 5.36. The lowest BCUT2D eigenvalue weighted by atomic mass is 9.96. The molecule has 5 heteroatoms. The van der Waals surface area contributed by atoms with Crippen molar-refractivity contribution in [3.8, 4) is 0 Å². The monoisotopic (exact) mass is 256 g/mol. The van der Waals surface area contributed by atoms with Crippen molar-refractivity contribution in [1.29, 1.82) is 0 Å². The molecule has 0 amide bonds. The number of carbonyl (C=O) groups excluding carboxylic acids is 2. The van der Waals surface area contributed by atoms with Gasteiger partial charge in [0.15, 0.2) is 0 Å². The summed E-state index contributed by atoms with van der Waals surface area (Å²) in [6.07, 6.45) is -0.0660. The molecule has 0 unspecified atom stereocenters. The first kappa shape index (κ1) is 13.5. The highest BCUT2D eigenvalue weighted by Crippen LogP contribution is 2.24. The van der Waals surface area contributed by atoms with Crippen molar-refractivity contribution in [2.45, 2.75) is 12.3 Å². The maximum atomic E-state index is 11.6. The zero-order valence-corrected chi connectivity index (χ0v) is 10.4. The van der Waals surface area contributed by atoms with E-state index in [0.717, 1.165) is 0 Å². The van der Waals surface area contributed by atoms with Gasteiger partial charge in [0.05, 0.1) is 26.6 Å².